The number of sulfonamides is 1. The number of aromatic nitrogens is 1. The molecule has 0 radical (unpaired) electrons. The smallest absolute Gasteiger partial charge is 0.332 e. The molecule has 3 amide bonds. The number of hydrogen-bond acceptors (Lipinski definition) is 7. The Hall–Kier alpha value is -3.18. The lowest BCUT2D eigenvalue weighted by atomic mass is 9.66. The standard InChI is InChI=1S/C27H35N5O5S/c1-18(37-4)15-29-23-13-19(9-12-28-23)16-30-25(34)32(24(33)26(30,2)3)20-7-8-21-22(14-20)31(38(5,35)36)17-27(21)10-6-11-27/h7-9,12-14,18H,6,10-11,15-17H2,1-5H3,(H,28,29)/t18-/m0/s1. The lowest BCUT2D eigenvalue weighted by Crippen LogP contribution is -2.43. The molecule has 3 aliphatic rings. The minimum absolute atomic E-state index is 0.0100. The second-order valence-corrected chi connectivity index (χ2v) is 13.1. The number of rotatable bonds is 8. The molecule has 0 bridgehead atoms. The summed E-state index contributed by atoms with van der Waals surface area (Å²) in [6.07, 6.45) is 5.80. The number of methoxy groups -OCH3 is 1. The van der Waals surface area contributed by atoms with Crippen molar-refractivity contribution in [3.63, 3.8) is 0 Å². The van der Waals surface area contributed by atoms with Gasteiger partial charge in [-0.1, -0.05) is 12.5 Å². The van der Waals surface area contributed by atoms with E-state index in [-0.39, 0.29) is 24.0 Å². The Kier molecular flexibility index (Phi) is 6.42. The summed E-state index contributed by atoms with van der Waals surface area (Å²) in [5.74, 6) is 0.300. The predicted octanol–water partition coefficient (Wildman–Crippen LogP) is 3.48. The van der Waals surface area contributed by atoms with Gasteiger partial charge in [0.1, 0.15) is 11.4 Å². The maximum Gasteiger partial charge on any atom is 0.332 e. The summed E-state index contributed by atoms with van der Waals surface area (Å²) in [5.41, 5.74) is 1.49. The van der Waals surface area contributed by atoms with Gasteiger partial charge in [-0.15, -0.1) is 0 Å². The maximum atomic E-state index is 13.7. The van der Waals surface area contributed by atoms with Crippen molar-refractivity contribution in [1.29, 1.82) is 0 Å². The summed E-state index contributed by atoms with van der Waals surface area (Å²) < 4.78 is 31.9. The summed E-state index contributed by atoms with van der Waals surface area (Å²) in [7, 11) is -1.86. The van der Waals surface area contributed by atoms with Crippen molar-refractivity contribution in [1.82, 2.24) is 9.88 Å². The van der Waals surface area contributed by atoms with Gasteiger partial charge in [0.05, 0.1) is 23.7 Å². The predicted molar refractivity (Wildman–Crippen MR) is 146 cm³/mol. The summed E-state index contributed by atoms with van der Waals surface area (Å²) in [5, 5.41) is 3.22. The van der Waals surface area contributed by atoms with Crippen LogP contribution in [0.3, 0.4) is 0 Å². The monoisotopic (exact) mass is 541 g/mol. The highest BCUT2D eigenvalue weighted by atomic mass is 32.2. The van der Waals surface area contributed by atoms with Crippen molar-refractivity contribution in [2.45, 2.75) is 63.6 Å². The molecule has 1 N–H and O–H groups in total. The molecule has 1 atom stereocenters. The molecule has 3 heterocycles. The molecule has 38 heavy (non-hydrogen) atoms. The molecule has 1 saturated heterocycles. The molecule has 1 spiro atoms. The second kappa shape index (κ2) is 9.23. The highest BCUT2D eigenvalue weighted by Crippen LogP contribution is 2.54. The first kappa shape index (κ1) is 26.4. The molecular weight excluding hydrogens is 506 g/mol. The number of carbonyl (C=O) groups excluding carboxylic acids is 2. The molecule has 2 aromatic rings. The average Bonchev–Trinajstić information content (AvgIpc) is 3.29. The van der Waals surface area contributed by atoms with Crippen LogP contribution < -0.4 is 14.5 Å². The van der Waals surface area contributed by atoms with Gasteiger partial charge in [0.25, 0.3) is 5.91 Å². The largest absolute Gasteiger partial charge is 0.380 e. The zero-order chi connectivity index (χ0) is 27.5. The first-order chi connectivity index (χ1) is 17.9. The van der Waals surface area contributed by atoms with E-state index in [2.05, 4.69) is 10.3 Å². The van der Waals surface area contributed by atoms with E-state index >= 15 is 0 Å². The molecule has 1 aromatic heterocycles. The summed E-state index contributed by atoms with van der Waals surface area (Å²) >= 11 is 0. The number of urea groups is 1. The van der Waals surface area contributed by atoms with E-state index < -0.39 is 21.6 Å². The Morgan fingerprint density at radius 3 is 2.53 bits per heavy atom. The highest BCUT2D eigenvalue weighted by Gasteiger charge is 2.53. The second-order valence-electron chi connectivity index (χ2n) is 11.1. The van der Waals surface area contributed by atoms with Gasteiger partial charge in [-0.2, -0.15) is 0 Å². The number of nitrogens with one attached hydrogen (secondary N) is 1. The fourth-order valence-corrected chi connectivity index (χ4v) is 6.59. The Balaban J connectivity index is 1.43. The SMILES string of the molecule is CO[C@@H](C)CNc1cc(CN2C(=O)N(c3ccc4c(c3)N(S(C)(=O)=O)CC43CCC3)C(=O)C2(C)C)ccn1. The third kappa shape index (κ3) is 4.31. The van der Waals surface area contributed by atoms with Crippen LogP contribution in [0.15, 0.2) is 36.5 Å². The number of benzene rings is 1. The lowest BCUT2D eigenvalue weighted by Gasteiger charge is -2.38. The van der Waals surface area contributed by atoms with E-state index in [9.17, 15) is 18.0 Å². The Labute approximate surface area is 224 Å². The molecule has 11 heteroatoms. The number of ether oxygens (including phenoxy) is 1. The molecule has 1 aliphatic carbocycles. The topological polar surface area (TPSA) is 112 Å². The van der Waals surface area contributed by atoms with Crippen LogP contribution in [0, 0.1) is 0 Å². The molecule has 10 nitrogen and oxygen atoms in total. The first-order valence-electron chi connectivity index (χ1n) is 12.9. The van der Waals surface area contributed by atoms with Crippen molar-refractivity contribution in [3.8, 4) is 0 Å². The number of hydrogen-bond donors (Lipinski definition) is 1. The lowest BCUT2D eigenvalue weighted by molar-refractivity contribution is -0.123. The number of imide groups is 1. The van der Waals surface area contributed by atoms with Gasteiger partial charge in [-0.3, -0.25) is 9.10 Å². The summed E-state index contributed by atoms with van der Waals surface area (Å²) in [6, 6.07) is 8.58. The average molecular weight is 542 g/mol. The minimum atomic E-state index is -3.51. The highest BCUT2D eigenvalue weighted by molar-refractivity contribution is 7.92. The third-order valence-electron chi connectivity index (χ3n) is 8.20. The van der Waals surface area contributed by atoms with Gasteiger partial charge >= 0.3 is 6.03 Å². The van der Waals surface area contributed by atoms with Crippen LogP contribution in [0.1, 0.15) is 51.2 Å². The van der Waals surface area contributed by atoms with Crippen molar-refractivity contribution in [3.05, 3.63) is 47.7 Å². The number of pyridine rings is 1. The van der Waals surface area contributed by atoms with Gasteiger partial charge < -0.3 is 15.0 Å². The van der Waals surface area contributed by atoms with Gasteiger partial charge in [-0.05, 0) is 69.0 Å². The number of amides is 3. The molecule has 0 unspecified atom stereocenters. The van der Waals surface area contributed by atoms with Crippen molar-refractivity contribution in [2.24, 2.45) is 0 Å². The minimum Gasteiger partial charge on any atom is -0.380 e. The summed E-state index contributed by atoms with van der Waals surface area (Å²) in [4.78, 5) is 34.3. The molecular formula is C27H35N5O5S. The normalized spacial score (nSPS) is 20.6. The van der Waals surface area contributed by atoms with E-state index in [1.54, 1.807) is 44.2 Å². The fraction of sp³-hybridized carbons (Fsp3) is 0.519. The number of carbonyl (C=O) groups is 2. The fourth-order valence-electron chi connectivity index (χ4n) is 5.60. The van der Waals surface area contributed by atoms with Crippen LogP contribution in [0.4, 0.5) is 22.0 Å². The van der Waals surface area contributed by atoms with E-state index in [0.717, 1.165) is 30.4 Å². The van der Waals surface area contributed by atoms with Crippen LogP contribution in [-0.4, -0.2) is 68.3 Å². The van der Waals surface area contributed by atoms with E-state index in [1.807, 2.05) is 25.1 Å². The molecule has 2 fully saturated rings. The number of fused-ring (bicyclic) bond motifs is 2. The van der Waals surface area contributed by atoms with Gasteiger partial charge in [0.2, 0.25) is 10.0 Å². The molecule has 204 valence electrons. The van der Waals surface area contributed by atoms with Crippen molar-refractivity contribution in [2.75, 3.05) is 41.0 Å². The van der Waals surface area contributed by atoms with Crippen LogP contribution in [0.25, 0.3) is 0 Å². The van der Waals surface area contributed by atoms with Crippen molar-refractivity contribution >= 4 is 39.2 Å². The number of anilines is 3. The number of nitrogens with zero attached hydrogens (tertiary/aromatic N) is 4. The van der Waals surface area contributed by atoms with E-state index in [0.29, 0.717) is 30.3 Å². The Morgan fingerprint density at radius 1 is 1.16 bits per heavy atom. The van der Waals surface area contributed by atoms with Crippen LogP contribution in [0.2, 0.25) is 0 Å². The molecule has 5 rings (SSSR count). The third-order valence-corrected chi connectivity index (χ3v) is 9.32. The quantitative estimate of drug-likeness (QED) is 0.509. The zero-order valence-corrected chi connectivity index (χ0v) is 23.3. The summed E-state index contributed by atoms with van der Waals surface area (Å²) in [6.45, 7) is 6.61. The maximum absolute atomic E-state index is 13.7. The first-order valence-corrected chi connectivity index (χ1v) is 14.7. The Bertz CT molecular complexity index is 1390. The molecule has 2 aliphatic heterocycles. The van der Waals surface area contributed by atoms with E-state index in [1.165, 1.54) is 15.5 Å². The van der Waals surface area contributed by atoms with Crippen molar-refractivity contribution < 1.29 is 22.7 Å². The van der Waals surface area contributed by atoms with Crippen LogP contribution in [0.5, 0.6) is 0 Å². The molecule has 1 saturated carbocycles. The molecule has 1 aromatic carbocycles. The zero-order valence-electron chi connectivity index (χ0n) is 22.5. The van der Waals surface area contributed by atoms with Gasteiger partial charge in [0.15, 0.2) is 0 Å². The van der Waals surface area contributed by atoms with Gasteiger partial charge in [0, 0.05) is 38.4 Å². The van der Waals surface area contributed by atoms with Crippen LogP contribution in [-0.2, 0) is 31.5 Å². The Morgan fingerprint density at radius 2 is 1.89 bits per heavy atom. The van der Waals surface area contributed by atoms with Gasteiger partial charge in [-0.25, -0.2) is 23.1 Å². The van der Waals surface area contributed by atoms with Crippen LogP contribution >= 0.6 is 0 Å². The van der Waals surface area contributed by atoms with E-state index in [4.69, 9.17) is 4.74 Å².